The summed E-state index contributed by atoms with van der Waals surface area (Å²) in [5.74, 6) is 0.855. The van der Waals surface area contributed by atoms with Crippen LogP contribution < -0.4 is 24.4 Å². The first-order chi connectivity index (χ1) is 18.6. The summed E-state index contributed by atoms with van der Waals surface area (Å²) in [5, 5.41) is 11.4. The summed E-state index contributed by atoms with van der Waals surface area (Å²) < 4.78 is 17.8. The van der Waals surface area contributed by atoms with Crippen LogP contribution in [0.2, 0.25) is 0 Å². The maximum Gasteiger partial charge on any atom is 0.249 e. The number of aromatic nitrogens is 3. The number of nitrogens with zero attached hydrogens (tertiary/aromatic N) is 4. The van der Waals surface area contributed by atoms with Crippen LogP contribution >= 0.6 is 0 Å². The number of hydrogen-bond donors (Lipinski definition) is 1. The molecule has 0 radical (unpaired) electrons. The number of ether oxygens (including phenoxy) is 3. The number of anilines is 1. The summed E-state index contributed by atoms with van der Waals surface area (Å²) in [6, 6.07) is 18.4. The van der Waals surface area contributed by atoms with Gasteiger partial charge >= 0.3 is 0 Å². The Morgan fingerprint density at radius 3 is 2.10 bits per heavy atom. The van der Waals surface area contributed by atoms with E-state index in [9.17, 15) is 9.59 Å². The minimum atomic E-state index is -1.07. The normalized spacial score (nSPS) is 12.1. The number of methoxy groups -OCH3 is 3. The Bertz CT molecular complexity index is 1440. The average molecular weight is 532 g/mol. The molecule has 1 unspecified atom stereocenters. The molecule has 1 aromatic heterocycles. The largest absolute Gasteiger partial charge is 0.497 e. The Morgan fingerprint density at radius 2 is 1.51 bits per heavy atom. The van der Waals surface area contributed by atoms with Crippen molar-refractivity contribution in [3.8, 4) is 17.2 Å². The van der Waals surface area contributed by atoms with Crippen molar-refractivity contribution >= 4 is 28.5 Å². The number of fused-ring (bicyclic) bond motifs is 1. The quantitative estimate of drug-likeness (QED) is 0.346. The zero-order valence-electron chi connectivity index (χ0n) is 23.0. The summed E-state index contributed by atoms with van der Waals surface area (Å²) in [6.45, 7) is 5.51. The van der Waals surface area contributed by atoms with Crippen molar-refractivity contribution in [3.05, 3.63) is 72.3 Å². The summed E-state index contributed by atoms with van der Waals surface area (Å²) in [5.41, 5.74) is 1.83. The van der Waals surface area contributed by atoms with Gasteiger partial charge in [0.05, 0.1) is 26.8 Å². The van der Waals surface area contributed by atoms with Crippen molar-refractivity contribution in [2.24, 2.45) is 0 Å². The second-order valence-corrected chi connectivity index (χ2v) is 9.99. The number of hydrogen-bond acceptors (Lipinski definition) is 7. The Morgan fingerprint density at radius 1 is 0.897 bits per heavy atom. The van der Waals surface area contributed by atoms with Crippen LogP contribution in [0.1, 0.15) is 32.4 Å². The first kappa shape index (κ1) is 27.4. The van der Waals surface area contributed by atoms with Crippen molar-refractivity contribution in [2.75, 3.05) is 26.2 Å². The smallest absolute Gasteiger partial charge is 0.249 e. The van der Waals surface area contributed by atoms with Gasteiger partial charge in [-0.1, -0.05) is 17.3 Å². The van der Waals surface area contributed by atoms with E-state index in [-0.39, 0.29) is 18.4 Å². The lowest BCUT2D eigenvalue weighted by atomic mass is 10.00. The van der Waals surface area contributed by atoms with E-state index in [1.54, 1.807) is 49.6 Å². The number of amides is 2. The van der Waals surface area contributed by atoms with E-state index < -0.39 is 11.6 Å². The van der Waals surface area contributed by atoms with Crippen LogP contribution in [0.4, 0.5) is 5.69 Å². The monoisotopic (exact) mass is 531 g/mol. The van der Waals surface area contributed by atoms with Crippen molar-refractivity contribution in [3.63, 3.8) is 0 Å². The van der Waals surface area contributed by atoms with E-state index in [4.69, 9.17) is 14.2 Å². The van der Waals surface area contributed by atoms with Gasteiger partial charge in [0.25, 0.3) is 0 Å². The Hall–Kier alpha value is -4.60. The van der Waals surface area contributed by atoms with Crippen LogP contribution in [-0.4, -0.2) is 53.7 Å². The molecule has 0 fully saturated rings. The lowest BCUT2D eigenvalue weighted by Gasteiger charge is -2.34. The standard InChI is InChI=1S/C29H33N5O5/c1-29(2,3)30-28(36)27(19-15-22(38-5)17-23(16-19)39-6)34(20-11-13-21(37-4)14-12-20)26(35)18-33-25-10-8-7-9-24(25)31-32-33/h7-17,27H,18H2,1-6H3,(H,30,36). The SMILES string of the molecule is COc1ccc(N(C(=O)Cn2nnc3ccccc32)C(C(=O)NC(C)(C)C)c2cc(OC)cc(OC)c2)cc1. The number of nitrogens with one attached hydrogen (secondary N) is 1. The maximum atomic E-state index is 14.2. The molecule has 204 valence electrons. The molecular formula is C29H33N5O5. The third kappa shape index (κ3) is 6.28. The molecule has 4 aromatic rings. The Balaban J connectivity index is 1.88. The highest BCUT2D eigenvalue weighted by atomic mass is 16.5. The van der Waals surface area contributed by atoms with Crippen molar-refractivity contribution in [1.29, 1.82) is 0 Å². The Labute approximate surface area is 227 Å². The highest BCUT2D eigenvalue weighted by molar-refractivity contribution is 6.01. The molecule has 1 heterocycles. The molecule has 0 aliphatic rings. The van der Waals surface area contributed by atoms with Gasteiger partial charge in [-0.2, -0.15) is 0 Å². The highest BCUT2D eigenvalue weighted by Gasteiger charge is 2.35. The van der Waals surface area contributed by atoms with E-state index in [1.807, 2.05) is 45.0 Å². The minimum absolute atomic E-state index is 0.146. The molecule has 10 heteroatoms. The van der Waals surface area contributed by atoms with Crippen LogP contribution in [-0.2, 0) is 16.1 Å². The average Bonchev–Trinajstić information content (AvgIpc) is 3.32. The zero-order chi connectivity index (χ0) is 28.2. The van der Waals surface area contributed by atoms with Crippen LogP contribution in [0.3, 0.4) is 0 Å². The van der Waals surface area contributed by atoms with Crippen LogP contribution in [0.25, 0.3) is 11.0 Å². The number of benzene rings is 3. The first-order valence-corrected chi connectivity index (χ1v) is 12.4. The Kier molecular flexibility index (Phi) is 8.04. The molecule has 10 nitrogen and oxygen atoms in total. The second kappa shape index (κ2) is 11.4. The number of rotatable bonds is 9. The van der Waals surface area contributed by atoms with E-state index >= 15 is 0 Å². The van der Waals surface area contributed by atoms with Crippen molar-refractivity contribution in [1.82, 2.24) is 20.3 Å². The summed E-state index contributed by atoms with van der Waals surface area (Å²) in [6.07, 6.45) is 0. The first-order valence-electron chi connectivity index (χ1n) is 12.4. The highest BCUT2D eigenvalue weighted by Crippen LogP contribution is 2.34. The molecule has 2 amide bonds. The van der Waals surface area contributed by atoms with E-state index in [2.05, 4.69) is 15.6 Å². The topological polar surface area (TPSA) is 108 Å². The fourth-order valence-electron chi connectivity index (χ4n) is 4.26. The summed E-state index contributed by atoms with van der Waals surface area (Å²) >= 11 is 0. The lowest BCUT2D eigenvalue weighted by molar-refractivity contribution is -0.128. The molecule has 3 aromatic carbocycles. The van der Waals surface area contributed by atoms with Gasteiger partial charge in [0, 0.05) is 17.3 Å². The minimum Gasteiger partial charge on any atom is -0.497 e. The van der Waals surface area contributed by atoms with Gasteiger partial charge in [0.2, 0.25) is 11.8 Å². The van der Waals surface area contributed by atoms with E-state index in [1.165, 1.54) is 23.8 Å². The molecule has 0 saturated heterocycles. The second-order valence-electron chi connectivity index (χ2n) is 9.99. The molecule has 0 bridgehead atoms. The van der Waals surface area contributed by atoms with Crippen molar-refractivity contribution in [2.45, 2.75) is 38.9 Å². The third-order valence-electron chi connectivity index (χ3n) is 6.02. The molecule has 1 atom stereocenters. The molecule has 1 N–H and O–H groups in total. The summed E-state index contributed by atoms with van der Waals surface area (Å²) in [7, 11) is 4.63. The third-order valence-corrected chi connectivity index (χ3v) is 6.02. The molecule has 0 aliphatic heterocycles. The van der Waals surface area contributed by atoms with E-state index in [0.717, 1.165) is 0 Å². The van der Waals surface area contributed by atoms with Gasteiger partial charge in [-0.25, -0.2) is 4.68 Å². The molecule has 0 saturated carbocycles. The van der Waals surface area contributed by atoms with Crippen LogP contribution in [0, 0.1) is 0 Å². The van der Waals surface area contributed by atoms with Crippen LogP contribution in [0.15, 0.2) is 66.7 Å². The van der Waals surface area contributed by atoms with Crippen molar-refractivity contribution < 1.29 is 23.8 Å². The fourth-order valence-corrected chi connectivity index (χ4v) is 4.26. The number of para-hydroxylation sites is 1. The zero-order valence-corrected chi connectivity index (χ0v) is 23.0. The molecular weight excluding hydrogens is 498 g/mol. The fraction of sp³-hybridized carbons (Fsp3) is 0.310. The molecule has 4 rings (SSSR count). The van der Waals surface area contributed by atoms with Gasteiger partial charge in [-0.3, -0.25) is 14.5 Å². The van der Waals surface area contributed by atoms with Gasteiger partial charge in [-0.05, 0) is 74.9 Å². The predicted octanol–water partition coefficient (Wildman–Crippen LogP) is 4.15. The number of carbonyl (C=O) groups is 2. The summed E-state index contributed by atoms with van der Waals surface area (Å²) in [4.78, 5) is 29.6. The number of carbonyl (C=O) groups excluding carboxylic acids is 2. The van der Waals surface area contributed by atoms with Gasteiger partial charge in [-0.15, -0.1) is 5.10 Å². The van der Waals surface area contributed by atoms with Gasteiger partial charge < -0.3 is 19.5 Å². The maximum absolute atomic E-state index is 14.2. The molecule has 39 heavy (non-hydrogen) atoms. The van der Waals surface area contributed by atoms with Gasteiger partial charge in [0.1, 0.15) is 35.4 Å². The molecule has 0 spiro atoms. The van der Waals surface area contributed by atoms with Gasteiger partial charge in [0.15, 0.2) is 0 Å². The molecule has 0 aliphatic carbocycles. The van der Waals surface area contributed by atoms with E-state index in [0.29, 0.717) is 39.5 Å². The predicted molar refractivity (Wildman–Crippen MR) is 148 cm³/mol. The lowest BCUT2D eigenvalue weighted by Crippen LogP contribution is -2.50. The van der Waals surface area contributed by atoms with Crippen LogP contribution in [0.5, 0.6) is 17.2 Å².